The second-order valence-corrected chi connectivity index (χ2v) is 9.49. The molecule has 0 aliphatic rings. The van der Waals surface area contributed by atoms with Crippen molar-refractivity contribution >= 4 is 34.1 Å². The molecule has 220 valence electrons. The minimum absolute atomic E-state index is 0.0606. The summed E-state index contributed by atoms with van der Waals surface area (Å²) in [6.07, 6.45) is 2.94. The first-order chi connectivity index (χ1) is 20.8. The number of nitrogens with one attached hydrogen (secondary N) is 2. The number of nitrogen functional groups attached to an aromatic ring is 1. The lowest BCUT2D eigenvalue weighted by molar-refractivity contribution is 0.102. The van der Waals surface area contributed by atoms with Gasteiger partial charge in [0.2, 0.25) is 5.88 Å². The molecule has 5 rings (SSSR count). The van der Waals surface area contributed by atoms with E-state index in [0.717, 1.165) is 16.7 Å². The zero-order valence-electron chi connectivity index (χ0n) is 24.4. The van der Waals surface area contributed by atoms with Crippen molar-refractivity contribution in [3.8, 4) is 28.9 Å². The fourth-order valence-electron chi connectivity index (χ4n) is 4.54. The van der Waals surface area contributed by atoms with Crippen LogP contribution in [0.3, 0.4) is 0 Å². The Hall–Kier alpha value is -5.65. The number of fused-ring (bicyclic) bond motifs is 1. The van der Waals surface area contributed by atoms with Crippen LogP contribution in [0.2, 0.25) is 0 Å². The zero-order chi connectivity index (χ0) is 30.5. The molecule has 0 unspecified atom stereocenters. The van der Waals surface area contributed by atoms with Crippen LogP contribution in [0.4, 0.5) is 17.3 Å². The van der Waals surface area contributed by atoms with Gasteiger partial charge in [-0.05, 0) is 55.8 Å². The lowest BCUT2D eigenvalue weighted by Gasteiger charge is -2.17. The lowest BCUT2D eigenvalue weighted by Crippen LogP contribution is -2.16. The van der Waals surface area contributed by atoms with E-state index in [1.807, 2.05) is 38.1 Å². The van der Waals surface area contributed by atoms with Gasteiger partial charge in [-0.2, -0.15) is 0 Å². The molecule has 0 bridgehead atoms. The molecule has 0 atom stereocenters. The number of nitrogens with two attached hydrogens (primary N) is 1. The van der Waals surface area contributed by atoms with Gasteiger partial charge in [-0.15, -0.1) is 0 Å². The van der Waals surface area contributed by atoms with E-state index in [1.54, 1.807) is 45.6 Å². The number of ether oxygens (including phenoxy) is 4. The Morgan fingerprint density at radius 3 is 2.49 bits per heavy atom. The van der Waals surface area contributed by atoms with Crippen LogP contribution < -0.4 is 35.3 Å². The molecule has 0 fully saturated rings. The molecule has 0 aliphatic heterocycles. The van der Waals surface area contributed by atoms with Crippen molar-refractivity contribution in [1.29, 1.82) is 0 Å². The highest BCUT2D eigenvalue weighted by Crippen LogP contribution is 2.38. The summed E-state index contributed by atoms with van der Waals surface area (Å²) in [5, 5.41) is 6.59. The number of rotatable bonds is 10. The van der Waals surface area contributed by atoms with E-state index in [4.69, 9.17) is 24.7 Å². The highest BCUT2D eigenvalue weighted by Gasteiger charge is 2.21. The second kappa shape index (κ2) is 12.5. The van der Waals surface area contributed by atoms with Crippen LogP contribution in [0.5, 0.6) is 28.9 Å². The van der Waals surface area contributed by atoms with E-state index in [-0.39, 0.29) is 17.4 Å². The summed E-state index contributed by atoms with van der Waals surface area (Å²) in [4.78, 5) is 30.9. The Kier molecular flexibility index (Phi) is 8.37. The summed E-state index contributed by atoms with van der Waals surface area (Å²) in [5.74, 6) is 2.76. The number of carbonyl (C=O) groups excluding carboxylic acids is 1. The van der Waals surface area contributed by atoms with Crippen LogP contribution in [0.15, 0.2) is 61.1 Å². The van der Waals surface area contributed by atoms with Gasteiger partial charge in [0.1, 0.15) is 52.0 Å². The molecule has 1 amide bonds. The lowest BCUT2D eigenvalue weighted by atomic mass is 10.1. The van der Waals surface area contributed by atoms with Crippen molar-refractivity contribution in [2.45, 2.75) is 20.4 Å². The number of carbonyl (C=O) groups is 1. The predicted molar refractivity (Wildman–Crippen MR) is 163 cm³/mol. The average molecular weight is 582 g/mol. The van der Waals surface area contributed by atoms with Gasteiger partial charge in [0, 0.05) is 29.9 Å². The van der Waals surface area contributed by atoms with Crippen molar-refractivity contribution in [1.82, 2.24) is 19.9 Å². The second-order valence-electron chi connectivity index (χ2n) is 9.49. The molecule has 0 aliphatic carbocycles. The van der Waals surface area contributed by atoms with Crippen molar-refractivity contribution in [3.05, 3.63) is 83.4 Å². The first-order valence-electron chi connectivity index (χ1n) is 13.3. The number of methoxy groups -OCH3 is 3. The van der Waals surface area contributed by atoms with Gasteiger partial charge in [-0.25, -0.2) is 19.9 Å². The third-order valence-corrected chi connectivity index (χ3v) is 6.82. The third-order valence-electron chi connectivity index (χ3n) is 6.82. The van der Waals surface area contributed by atoms with E-state index < -0.39 is 5.91 Å². The van der Waals surface area contributed by atoms with Crippen molar-refractivity contribution < 1.29 is 23.7 Å². The quantitative estimate of drug-likeness (QED) is 0.197. The highest BCUT2D eigenvalue weighted by atomic mass is 16.5. The largest absolute Gasteiger partial charge is 0.497 e. The van der Waals surface area contributed by atoms with Gasteiger partial charge in [-0.3, -0.25) is 4.79 Å². The minimum atomic E-state index is -0.512. The third kappa shape index (κ3) is 6.03. The number of benzene rings is 2. The molecule has 0 radical (unpaired) electrons. The Morgan fingerprint density at radius 1 is 0.930 bits per heavy atom. The minimum Gasteiger partial charge on any atom is -0.497 e. The zero-order valence-corrected chi connectivity index (χ0v) is 24.4. The molecule has 3 heterocycles. The van der Waals surface area contributed by atoms with Crippen LogP contribution in [-0.4, -0.2) is 47.2 Å². The monoisotopic (exact) mass is 581 g/mol. The summed E-state index contributed by atoms with van der Waals surface area (Å²) < 4.78 is 22.8. The van der Waals surface area contributed by atoms with Crippen molar-refractivity contribution in [2.24, 2.45) is 0 Å². The van der Waals surface area contributed by atoms with Crippen molar-refractivity contribution in [3.63, 3.8) is 0 Å². The number of hydrogen-bond donors (Lipinski definition) is 3. The molecular formula is C31H31N7O5. The number of aryl methyl sites for hydroxylation is 1. The summed E-state index contributed by atoms with van der Waals surface area (Å²) in [6, 6.07) is 14.2. The fourth-order valence-corrected chi connectivity index (χ4v) is 4.54. The summed E-state index contributed by atoms with van der Waals surface area (Å²) in [7, 11) is 4.78. The molecule has 12 heteroatoms. The van der Waals surface area contributed by atoms with Crippen LogP contribution in [0, 0.1) is 13.8 Å². The van der Waals surface area contributed by atoms with E-state index in [1.165, 1.54) is 12.5 Å². The SMILES string of the molecule is COc1ccc(CNc2ncnc3cc(C(=O)Nc4cccnc4N)nc(Oc4c(C)ccc(OC)c4C)c23)c(OC)c1. The summed E-state index contributed by atoms with van der Waals surface area (Å²) >= 11 is 0. The summed E-state index contributed by atoms with van der Waals surface area (Å²) in [5.41, 5.74) is 9.28. The molecule has 43 heavy (non-hydrogen) atoms. The Morgan fingerprint density at radius 2 is 1.74 bits per heavy atom. The normalized spacial score (nSPS) is 10.7. The molecule has 5 aromatic rings. The van der Waals surface area contributed by atoms with Gasteiger partial charge in [0.05, 0.1) is 32.5 Å². The van der Waals surface area contributed by atoms with Crippen molar-refractivity contribution in [2.75, 3.05) is 37.7 Å². The van der Waals surface area contributed by atoms with Gasteiger partial charge >= 0.3 is 0 Å². The fraction of sp³-hybridized carbons (Fsp3) is 0.194. The first-order valence-corrected chi connectivity index (χ1v) is 13.3. The Labute approximate surface area is 248 Å². The van der Waals surface area contributed by atoms with Gasteiger partial charge < -0.3 is 35.3 Å². The Bertz CT molecular complexity index is 1810. The first kappa shape index (κ1) is 28.9. The summed E-state index contributed by atoms with van der Waals surface area (Å²) in [6.45, 7) is 4.16. The predicted octanol–water partition coefficient (Wildman–Crippen LogP) is 5.30. The Balaban J connectivity index is 1.60. The van der Waals surface area contributed by atoms with Crippen LogP contribution in [-0.2, 0) is 6.54 Å². The van der Waals surface area contributed by atoms with Crippen LogP contribution in [0.1, 0.15) is 27.2 Å². The smallest absolute Gasteiger partial charge is 0.274 e. The van der Waals surface area contributed by atoms with E-state index in [0.29, 0.717) is 52.0 Å². The van der Waals surface area contributed by atoms with Crippen LogP contribution >= 0.6 is 0 Å². The van der Waals surface area contributed by atoms with Gasteiger partial charge in [0.15, 0.2) is 0 Å². The van der Waals surface area contributed by atoms with E-state index >= 15 is 0 Å². The molecule has 4 N–H and O–H groups in total. The molecule has 0 spiro atoms. The van der Waals surface area contributed by atoms with Gasteiger partial charge in [-0.1, -0.05) is 6.07 Å². The molecule has 3 aromatic heterocycles. The number of anilines is 3. The topological polar surface area (TPSA) is 156 Å². The van der Waals surface area contributed by atoms with Crippen LogP contribution in [0.25, 0.3) is 10.9 Å². The molecule has 0 saturated carbocycles. The maximum Gasteiger partial charge on any atom is 0.274 e. The highest BCUT2D eigenvalue weighted by molar-refractivity contribution is 6.07. The maximum atomic E-state index is 13.4. The molecule has 2 aromatic carbocycles. The maximum absolute atomic E-state index is 13.4. The molecular weight excluding hydrogens is 550 g/mol. The number of hydrogen-bond acceptors (Lipinski definition) is 11. The average Bonchev–Trinajstić information content (AvgIpc) is 3.02. The number of amides is 1. The number of pyridine rings is 2. The molecule has 0 saturated heterocycles. The number of aromatic nitrogens is 4. The van der Waals surface area contributed by atoms with Gasteiger partial charge in [0.25, 0.3) is 5.91 Å². The standard InChI is InChI=1S/C31H31N7O5/c1-17-8-11-24(41-4)18(2)27(17)43-31-26-22(14-23(38-31)30(39)37-21-7-6-12-33-28(21)32)35-16-36-29(26)34-15-19-9-10-20(40-3)13-25(19)42-5/h6-14,16H,15H2,1-5H3,(H2,32,33)(H,37,39)(H,34,35,36). The number of nitrogens with zero attached hydrogens (tertiary/aromatic N) is 4. The van der Waals surface area contributed by atoms with E-state index in [9.17, 15) is 4.79 Å². The molecule has 12 nitrogen and oxygen atoms in total. The van der Waals surface area contributed by atoms with E-state index in [2.05, 4.69) is 30.6 Å².